The van der Waals surface area contributed by atoms with Gasteiger partial charge in [-0.25, -0.2) is 18.7 Å². The summed E-state index contributed by atoms with van der Waals surface area (Å²) >= 11 is 0. The third-order valence-corrected chi connectivity index (χ3v) is 4.06. The van der Waals surface area contributed by atoms with E-state index in [-0.39, 0.29) is 36.0 Å². The highest BCUT2D eigenvalue weighted by atomic mass is 19.1. The molecule has 1 aromatic heterocycles. The first-order chi connectivity index (χ1) is 12.0. The number of aromatic nitrogens is 3. The number of amides is 1. The number of H-pyrrole nitrogens is 2. The standard InChI is InChI=1S/C16H18F2N4O3/c17-9-5-10(18)7-13(6-9)25-12-3-1-11(2-4-12)19-15(23)8-14-20-16(24)22-21-14/h5-7,11-12H,1-4,8H2,(H,19,23)(H2,20,21,22,24). The van der Waals surface area contributed by atoms with Crippen LogP contribution in [0.4, 0.5) is 8.78 Å². The predicted octanol–water partition coefficient (Wildman–Crippen LogP) is 1.43. The Morgan fingerprint density at radius 1 is 1.20 bits per heavy atom. The van der Waals surface area contributed by atoms with Crippen LogP contribution in [0.2, 0.25) is 0 Å². The van der Waals surface area contributed by atoms with E-state index in [1.807, 2.05) is 0 Å². The molecule has 1 aliphatic carbocycles. The molecule has 2 aromatic rings. The molecule has 1 amide bonds. The number of halogens is 2. The lowest BCUT2D eigenvalue weighted by Gasteiger charge is -2.29. The molecular weight excluding hydrogens is 334 g/mol. The zero-order valence-corrected chi connectivity index (χ0v) is 13.4. The second-order valence-corrected chi connectivity index (χ2v) is 6.07. The molecule has 1 saturated carbocycles. The third kappa shape index (κ3) is 4.88. The Hall–Kier alpha value is -2.71. The van der Waals surface area contributed by atoms with Gasteiger partial charge in [0.25, 0.3) is 0 Å². The van der Waals surface area contributed by atoms with Crippen LogP contribution in [0.5, 0.6) is 5.75 Å². The second-order valence-electron chi connectivity index (χ2n) is 6.07. The van der Waals surface area contributed by atoms with E-state index in [2.05, 4.69) is 20.5 Å². The topological polar surface area (TPSA) is 99.9 Å². The number of nitrogens with zero attached hydrogens (tertiary/aromatic N) is 1. The number of rotatable bonds is 5. The van der Waals surface area contributed by atoms with Crippen molar-refractivity contribution in [3.63, 3.8) is 0 Å². The number of carbonyl (C=O) groups excluding carboxylic acids is 1. The molecule has 0 saturated heterocycles. The quantitative estimate of drug-likeness (QED) is 0.758. The maximum absolute atomic E-state index is 13.2. The number of nitrogens with one attached hydrogen (secondary N) is 3. The molecule has 0 bridgehead atoms. The summed E-state index contributed by atoms with van der Waals surface area (Å²) in [4.78, 5) is 25.3. The number of carbonyl (C=O) groups is 1. The molecule has 0 spiro atoms. The van der Waals surface area contributed by atoms with E-state index in [9.17, 15) is 18.4 Å². The highest BCUT2D eigenvalue weighted by Crippen LogP contribution is 2.25. The molecule has 0 radical (unpaired) electrons. The van der Waals surface area contributed by atoms with Gasteiger partial charge in [0.15, 0.2) is 0 Å². The average molecular weight is 352 g/mol. The molecule has 0 aliphatic heterocycles. The first-order valence-electron chi connectivity index (χ1n) is 8.03. The number of hydrogen-bond acceptors (Lipinski definition) is 4. The van der Waals surface area contributed by atoms with Gasteiger partial charge < -0.3 is 10.1 Å². The lowest BCUT2D eigenvalue weighted by Crippen LogP contribution is -2.40. The number of ether oxygens (including phenoxy) is 1. The molecule has 1 fully saturated rings. The average Bonchev–Trinajstić information content (AvgIpc) is 2.93. The van der Waals surface area contributed by atoms with Gasteiger partial charge in [-0.1, -0.05) is 0 Å². The highest BCUT2D eigenvalue weighted by Gasteiger charge is 2.24. The van der Waals surface area contributed by atoms with Crippen LogP contribution in [0, 0.1) is 11.6 Å². The van der Waals surface area contributed by atoms with Gasteiger partial charge in [0.1, 0.15) is 23.2 Å². The molecule has 0 atom stereocenters. The second kappa shape index (κ2) is 7.45. The first-order valence-corrected chi connectivity index (χ1v) is 8.03. The Bertz CT molecular complexity index is 776. The molecule has 134 valence electrons. The fraction of sp³-hybridized carbons (Fsp3) is 0.438. The van der Waals surface area contributed by atoms with E-state index in [1.165, 1.54) is 0 Å². The summed E-state index contributed by atoms with van der Waals surface area (Å²) in [6.45, 7) is 0. The molecule has 0 unspecified atom stereocenters. The number of hydrogen-bond donors (Lipinski definition) is 3. The van der Waals surface area contributed by atoms with Gasteiger partial charge in [0.05, 0.1) is 12.5 Å². The zero-order chi connectivity index (χ0) is 17.8. The van der Waals surface area contributed by atoms with Crippen molar-refractivity contribution in [1.82, 2.24) is 20.5 Å². The minimum Gasteiger partial charge on any atom is -0.490 e. The minimum atomic E-state index is -0.674. The summed E-state index contributed by atoms with van der Waals surface area (Å²) in [5.74, 6) is -1.11. The normalized spacial score (nSPS) is 20.2. The maximum Gasteiger partial charge on any atom is 0.340 e. The Balaban J connectivity index is 1.45. The van der Waals surface area contributed by atoms with Crippen LogP contribution in [0.1, 0.15) is 31.5 Å². The van der Waals surface area contributed by atoms with E-state index in [0.717, 1.165) is 18.2 Å². The molecule has 3 N–H and O–H groups in total. The van der Waals surface area contributed by atoms with Gasteiger partial charge in [-0.3, -0.25) is 9.78 Å². The first kappa shape index (κ1) is 17.1. The van der Waals surface area contributed by atoms with Crippen LogP contribution in [-0.2, 0) is 11.2 Å². The van der Waals surface area contributed by atoms with E-state index in [4.69, 9.17) is 4.74 Å². The lowest BCUT2D eigenvalue weighted by atomic mass is 9.93. The molecular formula is C16H18F2N4O3. The molecule has 7 nitrogen and oxygen atoms in total. The van der Waals surface area contributed by atoms with Crippen LogP contribution in [0.25, 0.3) is 0 Å². The van der Waals surface area contributed by atoms with Crippen LogP contribution < -0.4 is 15.7 Å². The van der Waals surface area contributed by atoms with Crippen molar-refractivity contribution in [3.8, 4) is 5.75 Å². The molecule has 9 heteroatoms. The van der Waals surface area contributed by atoms with E-state index < -0.39 is 17.3 Å². The van der Waals surface area contributed by atoms with Gasteiger partial charge in [-0.05, 0) is 25.7 Å². The van der Waals surface area contributed by atoms with Gasteiger partial charge in [0, 0.05) is 24.2 Å². The lowest BCUT2D eigenvalue weighted by molar-refractivity contribution is -0.121. The van der Waals surface area contributed by atoms with Crippen LogP contribution in [-0.4, -0.2) is 33.2 Å². The Kier molecular flexibility index (Phi) is 5.11. The third-order valence-electron chi connectivity index (χ3n) is 4.06. The molecule has 1 aromatic carbocycles. The van der Waals surface area contributed by atoms with Crippen molar-refractivity contribution in [2.45, 2.75) is 44.2 Å². The monoisotopic (exact) mass is 352 g/mol. The van der Waals surface area contributed by atoms with Crippen LogP contribution in [0.15, 0.2) is 23.0 Å². The Morgan fingerprint density at radius 3 is 2.48 bits per heavy atom. The van der Waals surface area contributed by atoms with Crippen LogP contribution in [0.3, 0.4) is 0 Å². The summed E-state index contributed by atoms with van der Waals surface area (Å²) in [5, 5.41) is 8.78. The van der Waals surface area contributed by atoms with Crippen molar-refractivity contribution < 1.29 is 18.3 Å². The van der Waals surface area contributed by atoms with Gasteiger partial charge in [0.2, 0.25) is 5.91 Å². The highest BCUT2D eigenvalue weighted by molar-refractivity contribution is 5.78. The van der Waals surface area contributed by atoms with Crippen LogP contribution >= 0.6 is 0 Å². The maximum atomic E-state index is 13.2. The number of benzene rings is 1. The predicted molar refractivity (Wildman–Crippen MR) is 84.1 cm³/mol. The summed E-state index contributed by atoms with van der Waals surface area (Å²) < 4.78 is 32.0. The Labute approximate surface area is 141 Å². The summed E-state index contributed by atoms with van der Waals surface area (Å²) in [6.07, 6.45) is 2.59. The molecule has 25 heavy (non-hydrogen) atoms. The van der Waals surface area contributed by atoms with E-state index in [0.29, 0.717) is 25.7 Å². The summed E-state index contributed by atoms with van der Waals surface area (Å²) in [5.41, 5.74) is -0.450. The van der Waals surface area contributed by atoms with Crippen molar-refractivity contribution in [2.24, 2.45) is 0 Å². The Morgan fingerprint density at radius 2 is 1.88 bits per heavy atom. The largest absolute Gasteiger partial charge is 0.490 e. The SMILES string of the molecule is O=C(Cc1n[nH]c(=O)[nH]1)NC1CCC(Oc2cc(F)cc(F)c2)CC1. The summed E-state index contributed by atoms with van der Waals surface area (Å²) in [6, 6.07) is 3.11. The van der Waals surface area contributed by atoms with E-state index >= 15 is 0 Å². The summed E-state index contributed by atoms with van der Waals surface area (Å²) in [7, 11) is 0. The van der Waals surface area contributed by atoms with Crippen molar-refractivity contribution >= 4 is 5.91 Å². The smallest absolute Gasteiger partial charge is 0.340 e. The molecule has 3 rings (SSSR count). The fourth-order valence-corrected chi connectivity index (χ4v) is 2.93. The van der Waals surface area contributed by atoms with Gasteiger partial charge >= 0.3 is 5.69 Å². The van der Waals surface area contributed by atoms with Crippen molar-refractivity contribution in [2.75, 3.05) is 0 Å². The van der Waals surface area contributed by atoms with Gasteiger partial charge in [-0.15, -0.1) is 0 Å². The number of aromatic amines is 2. The van der Waals surface area contributed by atoms with Crippen molar-refractivity contribution in [3.05, 3.63) is 46.1 Å². The van der Waals surface area contributed by atoms with E-state index in [1.54, 1.807) is 0 Å². The minimum absolute atomic E-state index is 0.00209. The molecule has 1 heterocycles. The fourth-order valence-electron chi connectivity index (χ4n) is 2.93. The van der Waals surface area contributed by atoms with Crippen molar-refractivity contribution in [1.29, 1.82) is 0 Å². The molecule has 1 aliphatic rings. The van der Waals surface area contributed by atoms with Gasteiger partial charge in [-0.2, -0.15) is 5.10 Å². The zero-order valence-electron chi connectivity index (χ0n) is 13.4.